The van der Waals surface area contributed by atoms with Crippen LogP contribution in [0.5, 0.6) is 0 Å². The topological polar surface area (TPSA) is 42.0 Å². The minimum atomic E-state index is -0.207. The lowest BCUT2D eigenvalue weighted by atomic mass is 10.1. The Kier molecular flexibility index (Phi) is 5.93. The van der Waals surface area contributed by atoms with Crippen LogP contribution in [0.1, 0.15) is 42.2 Å². The number of carbonyl (C=O) groups excluding carboxylic acids is 1. The molecular formula is C17H19BrN2O. The van der Waals surface area contributed by atoms with E-state index < -0.39 is 0 Å². The number of anilines is 1. The predicted molar refractivity (Wildman–Crippen MR) is 89.6 cm³/mol. The number of aryl methyl sites for hydroxylation is 1. The van der Waals surface area contributed by atoms with E-state index in [0.29, 0.717) is 10.2 Å². The number of aromatic nitrogens is 1. The zero-order valence-electron chi connectivity index (χ0n) is 12.1. The number of nitrogens with one attached hydrogen (secondary N) is 1. The molecule has 3 nitrogen and oxygen atoms in total. The standard InChI is InChI=1S/C17H19BrN2O/c1-2-3-4-6-13-8-10-14(11-9-13)20-17(21)16-15(18)7-5-12-19-16/h5,7-12H,2-4,6H2,1H3,(H,20,21). The Bertz CT molecular complexity index is 596. The van der Waals surface area contributed by atoms with E-state index in [2.05, 4.69) is 45.3 Å². The molecule has 0 aliphatic rings. The fourth-order valence-electron chi connectivity index (χ4n) is 2.08. The van der Waals surface area contributed by atoms with Crippen molar-refractivity contribution in [1.29, 1.82) is 0 Å². The molecule has 1 amide bonds. The summed E-state index contributed by atoms with van der Waals surface area (Å²) in [5, 5.41) is 2.86. The molecule has 1 aromatic carbocycles. The zero-order chi connectivity index (χ0) is 15.1. The number of hydrogen-bond acceptors (Lipinski definition) is 2. The molecule has 1 aromatic heterocycles. The molecule has 0 saturated heterocycles. The lowest BCUT2D eigenvalue weighted by Crippen LogP contribution is -2.14. The van der Waals surface area contributed by atoms with Crippen LogP contribution < -0.4 is 5.32 Å². The minimum absolute atomic E-state index is 0.207. The Balaban J connectivity index is 1.97. The number of unbranched alkanes of at least 4 members (excludes halogenated alkanes) is 2. The van der Waals surface area contributed by atoms with Gasteiger partial charge in [0, 0.05) is 16.4 Å². The highest BCUT2D eigenvalue weighted by molar-refractivity contribution is 9.10. The third kappa shape index (κ3) is 4.67. The first kappa shape index (κ1) is 15.7. The first-order valence-electron chi connectivity index (χ1n) is 7.21. The van der Waals surface area contributed by atoms with Crippen molar-refractivity contribution in [3.05, 3.63) is 58.3 Å². The Morgan fingerprint density at radius 3 is 2.62 bits per heavy atom. The van der Waals surface area contributed by atoms with Crippen molar-refractivity contribution in [3.63, 3.8) is 0 Å². The molecule has 1 heterocycles. The van der Waals surface area contributed by atoms with Crippen LogP contribution in [-0.2, 0) is 6.42 Å². The van der Waals surface area contributed by atoms with E-state index in [-0.39, 0.29) is 5.91 Å². The fraction of sp³-hybridized carbons (Fsp3) is 0.294. The van der Waals surface area contributed by atoms with Gasteiger partial charge in [-0.3, -0.25) is 4.79 Å². The Labute approximate surface area is 133 Å². The van der Waals surface area contributed by atoms with Crippen LogP contribution in [0.3, 0.4) is 0 Å². The lowest BCUT2D eigenvalue weighted by molar-refractivity contribution is 0.102. The lowest BCUT2D eigenvalue weighted by Gasteiger charge is -2.07. The predicted octanol–water partition coefficient (Wildman–Crippen LogP) is 4.83. The molecule has 0 atom stereocenters. The summed E-state index contributed by atoms with van der Waals surface area (Å²) < 4.78 is 0.693. The Morgan fingerprint density at radius 1 is 1.19 bits per heavy atom. The van der Waals surface area contributed by atoms with Gasteiger partial charge in [-0.15, -0.1) is 0 Å². The summed E-state index contributed by atoms with van der Waals surface area (Å²) in [4.78, 5) is 16.2. The fourth-order valence-corrected chi connectivity index (χ4v) is 2.51. The number of amides is 1. The molecule has 0 fully saturated rings. The second kappa shape index (κ2) is 7.93. The largest absolute Gasteiger partial charge is 0.321 e. The molecule has 2 aromatic rings. The summed E-state index contributed by atoms with van der Waals surface area (Å²) in [7, 11) is 0. The molecule has 0 aliphatic heterocycles. The van der Waals surface area contributed by atoms with Gasteiger partial charge in [0.05, 0.1) is 0 Å². The average Bonchev–Trinajstić information content (AvgIpc) is 2.49. The van der Waals surface area contributed by atoms with Crippen molar-refractivity contribution in [2.45, 2.75) is 32.6 Å². The van der Waals surface area contributed by atoms with Crippen LogP contribution in [-0.4, -0.2) is 10.9 Å². The van der Waals surface area contributed by atoms with Gasteiger partial charge in [0.2, 0.25) is 0 Å². The second-order valence-electron chi connectivity index (χ2n) is 4.94. The number of rotatable bonds is 6. The number of hydrogen-bond donors (Lipinski definition) is 1. The van der Waals surface area contributed by atoms with Gasteiger partial charge in [-0.1, -0.05) is 31.9 Å². The van der Waals surface area contributed by atoms with Gasteiger partial charge in [-0.25, -0.2) is 4.98 Å². The van der Waals surface area contributed by atoms with E-state index >= 15 is 0 Å². The molecule has 2 rings (SSSR count). The van der Waals surface area contributed by atoms with Crippen LogP contribution in [0, 0.1) is 0 Å². The van der Waals surface area contributed by atoms with Crippen LogP contribution in [0.4, 0.5) is 5.69 Å². The van der Waals surface area contributed by atoms with Crippen LogP contribution >= 0.6 is 15.9 Å². The maximum atomic E-state index is 12.1. The maximum absolute atomic E-state index is 12.1. The first-order chi connectivity index (χ1) is 10.2. The summed E-state index contributed by atoms with van der Waals surface area (Å²) in [6.45, 7) is 2.20. The highest BCUT2D eigenvalue weighted by Gasteiger charge is 2.11. The average molecular weight is 347 g/mol. The summed E-state index contributed by atoms with van der Waals surface area (Å²) in [5.74, 6) is -0.207. The molecular weight excluding hydrogens is 328 g/mol. The highest BCUT2D eigenvalue weighted by Crippen LogP contribution is 2.17. The van der Waals surface area contributed by atoms with Crippen molar-refractivity contribution in [2.75, 3.05) is 5.32 Å². The van der Waals surface area contributed by atoms with E-state index in [9.17, 15) is 4.79 Å². The second-order valence-corrected chi connectivity index (χ2v) is 5.80. The molecule has 21 heavy (non-hydrogen) atoms. The molecule has 1 N–H and O–H groups in total. The van der Waals surface area contributed by atoms with Gasteiger partial charge in [-0.05, 0) is 58.6 Å². The molecule has 110 valence electrons. The Morgan fingerprint density at radius 2 is 1.95 bits per heavy atom. The SMILES string of the molecule is CCCCCc1ccc(NC(=O)c2ncccc2Br)cc1. The normalized spacial score (nSPS) is 10.4. The molecule has 0 unspecified atom stereocenters. The van der Waals surface area contributed by atoms with E-state index in [1.165, 1.54) is 24.8 Å². The van der Waals surface area contributed by atoms with Crippen molar-refractivity contribution >= 4 is 27.5 Å². The third-order valence-electron chi connectivity index (χ3n) is 3.25. The maximum Gasteiger partial charge on any atom is 0.275 e. The van der Waals surface area contributed by atoms with Gasteiger partial charge in [0.25, 0.3) is 5.91 Å². The number of benzene rings is 1. The Hall–Kier alpha value is -1.68. The van der Waals surface area contributed by atoms with Crippen molar-refractivity contribution in [2.24, 2.45) is 0 Å². The van der Waals surface area contributed by atoms with Gasteiger partial charge >= 0.3 is 0 Å². The van der Waals surface area contributed by atoms with E-state index in [1.54, 1.807) is 18.3 Å². The summed E-state index contributed by atoms with van der Waals surface area (Å²) in [5.41, 5.74) is 2.49. The smallest absolute Gasteiger partial charge is 0.275 e. The zero-order valence-corrected chi connectivity index (χ0v) is 13.7. The van der Waals surface area contributed by atoms with Gasteiger partial charge < -0.3 is 5.32 Å². The number of carbonyl (C=O) groups is 1. The number of halogens is 1. The minimum Gasteiger partial charge on any atom is -0.321 e. The summed E-state index contributed by atoms with van der Waals surface area (Å²) >= 11 is 3.33. The molecule has 0 saturated carbocycles. The van der Waals surface area contributed by atoms with Gasteiger partial charge in [0.1, 0.15) is 5.69 Å². The van der Waals surface area contributed by atoms with E-state index in [4.69, 9.17) is 0 Å². The van der Waals surface area contributed by atoms with E-state index in [1.807, 2.05) is 12.1 Å². The third-order valence-corrected chi connectivity index (χ3v) is 3.89. The highest BCUT2D eigenvalue weighted by atomic mass is 79.9. The molecule has 0 aliphatic carbocycles. The summed E-state index contributed by atoms with van der Waals surface area (Å²) in [6.07, 6.45) is 6.40. The van der Waals surface area contributed by atoms with Crippen molar-refractivity contribution in [3.8, 4) is 0 Å². The van der Waals surface area contributed by atoms with Gasteiger partial charge in [-0.2, -0.15) is 0 Å². The molecule has 4 heteroatoms. The van der Waals surface area contributed by atoms with Crippen molar-refractivity contribution in [1.82, 2.24) is 4.98 Å². The van der Waals surface area contributed by atoms with Crippen LogP contribution in [0.15, 0.2) is 47.1 Å². The molecule has 0 bridgehead atoms. The molecule has 0 radical (unpaired) electrons. The van der Waals surface area contributed by atoms with Crippen LogP contribution in [0.25, 0.3) is 0 Å². The van der Waals surface area contributed by atoms with E-state index in [0.717, 1.165) is 12.1 Å². The van der Waals surface area contributed by atoms with Gasteiger partial charge in [0.15, 0.2) is 0 Å². The quantitative estimate of drug-likeness (QED) is 0.761. The van der Waals surface area contributed by atoms with Crippen molar-refractivity contribution < 1.29 is 4.79 Å². The molecule has 0 spiro atoms. The first-order valence-corrected chi connectivity index (χ1v) is 8.01. The monoisotopic (exact) mass is 346 g/mol. The number of nitrogens with zero attached hydrogens (tertiary/aromatic N) is 1. The number of pyridine rings is 1. The van der Waals surface area contributed by atoms with Crippen LogP contribution in [0.2, 0.25) is 0 Å². The summed E-state index contributed by atoms with van der Waals surface area (Å²) in [6, 6.07) is 11.6.